The lowest BCUT2D eigenvalue weighted by molar-refractivity contribution is 0.0996. The molecule has 9 heteroatoms. The van der Waals surface area contributed by atoms with Crippen LogP contribution in [-0.2, 0) is 21.3 Å². The Morgan fingerprint density at radius 3 is 2.71 bits per heavy atom. The third-order valence-corrected chi connectivity index (χ3v) is 6.06. The first kappa shape index (κ1) is 20.4. The van der Waals surface area contributed by atoms with Crippen molar-refractivity contribution in [2.45, 2.75) is 25.3 Å². The van der Waals surface area contributed by atoms with E-state index in [2.05, 4.69) is 4.99 Å². The fraction of sp³-hybridized carbons (Fsp3) is 0.263. The maximum atomic E-state index is 12.6. The number of carbonyl (C=O) groups excluding carboxylic acids is 1. The van der Waals surface area contributed by atoms with Gasteiger partial charge in [0.1, 0.15) is 0 Å². The summed E-state index contributed by atoms with van der Waals surface area (Å²) in [7, 11) is -3.81. The molecule has 0 saturated carbocycles. The number of carbonyl (C=O) groups is 1. The van der Waals surface area contributed by atoms with Crippen molar-refractivity contribution in [3.8, 4) is 0 Å². The van der Waals surface area contributed by atoms with Gasteiger partial charge in [-0.1, -0.05) is 29.0 Å². The molecular weight excluding hydrogens is 398 g/mol. The molecule has 0 aliphatic carbocycles. The van der Waals surface area contributed by atoms with Crippen LogP contribution < -0.4 is 9.94 Å². The van der Waals surface area contributed by atoms with E-state index in [1.807, 2.05) is 30.5 Å². The van der Waals surface area contributed by atoms with Gasteiger partial charge in [0, 0.05) is 18.7 Å². The second-order valence-electron chi connectivity index (χ2n) is 6.19. The van der Waals surface area contributed by atoms with E-state index in [1.54, 1.807) is 18.2 Å². The maximum absolute atomic E-state index is 12.6. The Labute approximate surface area is 167 Å². The van der Waals surface area contributed by atoms with Crippen LogP contribution in [0.2, 0.25) is 0 Å². The van der Waals surface area contributed by atoms with E-state index >= 15 is 0 Å². The summed E-state index contributed by atoms with van der Waals surface area (Å²) in [6.45, 7) is 5.33. The molecule has 1 amide bonds. The Morgan fingerprint density at radius 1 is 1.25 bits per heavy atom. The van der Waals surface area contributed by atoms with Crippen LogP contribution in [0.4, 0.5) is 0 Å². The summed E-state index contributed by atoms with van der Waals surface area (Å²) in [5, 5.41) is 5.23. The van der Waals surface area contributed by atoms with E-state index in [0.717, 1.165) is 11.1 Å². The SMILES string of the molecule is CCOCCn1c(=NC(=O)c2cccc(C)c2)sc2cc(S(N)(=O)=O)ccc21. The van der Waals surface area contributed by atoms with Gasteiger partial charge in [-0.2, -0.15) is 4.99 Å². The lowest BCUT2D eigenvalue weighted by Gasteiger charge is -2.06. The number of aromatic nitrogens is 1. The quantitative estimate of drug-likeness (QED) is 0.620. The number of benzene rings is 2. The molecule has 0 spiro atoms. The van der Waals surface area contributed by atoms with Crippen molar-refractivity contribution in [3.05, 3.63) is 58.4 Å². The van der Waals surface area contributed by atoms with Gasteiger partial charge in [-0.15, -0.1) is 0 Å². The van der Waals surface area contributed by atoms with Gasteiger partial charge in [-0.3, -0.25) is 4.79 Å². The molecule has 0 fully saturated rings. The van der Waals surface area contributed by atoms with Crippen LogP contribution in [0.3, 0.4) is 0 Å². The molecule has 0 aliphatic heterocycles. The van der Waals surface area contributed by atoms with Crippen molar-refractivity contribution in [3.63, 3.8) is 0 Å². The number of nitrogens with two attached hydrogens (primary N) is 1. The summed E-state index contributed by atoms with van der Waals surface area (Å²) >= 11 is 1.24. The Hall–Kier alpha value is -2.33. The Bertz CT molecular complexity index is 1190. The molecule has 0 radical (unpaired) electrons. The predicted molar refractivity (Wildman–Crippen MR) is 109 cm³/mol. The fourth-order valence-corrected chi connectivity index (χ4v) is 4.47. The Kier molecular flexibility index (Phi) is 6.09. The van der Waals surface area contributed by atoms with E-state index in [-0.39, 0.29) is 10.8 Å². The molecule has 1 aromatic heterocycles. The summed E-state index contributed by atoms with van der Waals surface area (Å²) < 4.78 is 31.3. The van der Waals surface area contributed by atoms with Crippen molar-refractivity contribution < 1.29 is 17.9 Å². The van der Waals surface area contributed by atoms with E-state index in [0.29, 0.717) is 34.8 Å². The average molecular weight is 420 g/mol. The molecule has 148 valence electrons. The molecule has 2 N–H and O–H groups in total. The molecule has 28 heavy (non-hydrogen) atoms. The van der Waals surface area contributed by atoms with Crippen molar-refractivity contribution >= 4 is 37.5 Å². The summed E-state index contributed by atoms with van der Waals surface area (Å²) in [5.74, 6) is -0.355. The molecule has 3 aromatic rings. The summed E-state index contributed by atoms with van der Waals surface area (Å²) in [6, 6.07) is 11.8. The zero-order valence-electron chi connectivity index (χ0n) is 15.6. The van der Waals surface area contributed by atoms with E-state index in [9.17, 15) is 13.2 Å². The third-order valence-electron chi connectivity index (χ3n) is 4.11. The number of sulfonamides is 1. The topological polar surface area (TPSA) is 104 Å². The van der Waals surface area contributed by atoms with Gasteiger partial charge in [-0.25, -0.2) is 13.6 Å². The highest BCUT2D eigenvalue weighted by Gasteiger charge is 2.13. The number of hydrogen-bond donors (Lipinski definition) is 1. The van der Waals surface area contributed by atoms with Crippen molar-refractivity contribution in [1.29, 1.82) is 0 Å². The molecule has 0 unspecified atom stereocenters. The van der Waals surface area contributed by atoms with Crippen LogP contribution in [0.25, 0.3) is 10.2 Å². The maximum Gasteiger partial charge on any atom is 0.279 e. The number of fused-ring (bicyclic) bond motifs is 1. The highest BCUT2D eigenvalue weighted by atomic mass is 32.2. The largest absolute Gasteiger partial charge is 0.380 e. The Morgan fingerprint density at radius 2 is 2.04 bits per heavy atom. The number of thiazole rings is 1. The number of primary sulfonamides is 1. The lowest BCUT2D eigenvalue weighted by atomic mass is 10.1. The van der Waals surface area contributed by atoms with Gasteiger partial charge >= 0.3 is 0 Å². The first-order valence-electron chi connectivity index (χ1n) is 8.69. The summed E-state index contributed by atoms with van der Waals surface area (Å²) in [5.41, 5.74) is 2.24. The van der Waals surface area contributed by atoms with E-state index in [1.165, 1.54) is 23.5 Å². The molecule has 7 nitrogen and oxygen atoms in total. The van der Waals surface area contributed by atoms with Crippen LogP contribution in [0, 0.1) is 6.92 Å². The first-order valence-corrected chi connectivity index (χ1v) is 11.1. The molecule has 0 atom stereocenters. The molecule has 0 aliphatic rings. The van der Waals surface area contributed by atoms with Crippen molar-refractivity contribution in [2.75, 3.05) is 13.2 Å². The number of hydrogen-bond acceptors (Lipinski definition) is 5. The second kappa shape index (κ2) is 8.36. The number of nitrogens with zero attached hydrogens (tertiary/aromatic N) is 2. The number of amides is 1. The van der Waals surface area contributed by atoms with Crippen molar-refractivity contribution in [2.24, 2.45) is 10.1 Å². The van der Waals surface area contributed by atoms with Gasteiger partial charge < -0.3 is 9.30 Å². The van der Waals surface area contributed by atoms with Gasteiger partial charge in [0.05, 0.1) is 21.7 Å². The normalized spacial score (nSPS) is 12.6. The summed E-state index contributed by atoms with van der Waals surface area (Å²) in [4.78, 5) is 17.4. The molecule has 3 rings (SSSR count). The number of aryl methyl sites for hydroxylation is 1. The monoisotopic (exact) mass is 419 g/mol. The Balaban J connectivity index is 2.13. The van der Waals surface area contributed by atoms with Crippen LogP contribution in [0.5, 0.6) is 0 Å². The lowest BCUT2D eigenvalue weighted by Crippen LogP contribution is -2.19. The zero-order valence-corrected chi connectivity index (χ0v) is 17.2. The average Bonchev–Trinajstić information content (AvgIpc) is 2.97. The highest BCUT2D eigenvalue weighted by Crippen LogP contribution is 2.21. The van der Waals surface area contributed by atoms with Gasteiger partial charge in [0.25, 0.3) is 5.91 Å². The molecule has 2 aromatic carbocycles. The van der Waals surface area contributed by atoms with Gasteiger partial charge in [-0.05, 0) is 44.2 Å². The highest BCUT2D eigenvalue weighted by molar-refractivity contribution is 7.89. The standard InChI is InChI=1S/C19H21N3O4S2/c1-3-26-10-9-22-16-8-7-15(28(20,24)25)12-17(16)27-19(22)21-18(23)14-6-4-5-13(2)11-14/h4-8,11-12H,3,9-10H2,1-2H3,(H2,20,24,25). The third kappa shape index (κ3) is 4.56. The minimum atomic E-state index is -3.81. The number of ether oxygens (including phenoxy) is 1. The van der Waals surface area contributed by atoms with E-state index < -0.39 is 10.0 Å². The molecular formula is C19H21N3O4S2. The molecule has 0 bridgehead atoms. The van der Waals surface area contributed by atoms with Crippen molar-refractivity contribution in [1.82, 2.24) is 4.57 Å². The smallest absolute Gasteiger partial charge is 0.279 e. The van der Waals surface area contributed by atoms with E-state index in [4.69, 9.17) is 9.88 Å². The van der Waals surface area contributed by atoms with Crippen LogP contribution in [0.1, 0.15) is 22.8 Å². The van der Waals surface area contributed by atoms with Gasteiger partial charge in [0.15, 0.2) is 4.80 Å². The van der Waals surface area contributed by atoms with Crippen LogP contribution in [-0.4, -0.2) is 32.1 Å². The molecule has 0 saturated heterocycles. The minimum Gasteiger partial charge on any atom is -0.380 e. The first-order chi connectivity index (χ1) is 13.3. The zero-order chi connectivity index (χ0) is 20.3. The van der Waals surface area contributed by atoms with Crippen LogP contribution >= 0.6 is 11.3 Å². The number of rotatable bonds is 6. The molecule has 1 heterocycles. The summed E-state index contributed by atoms with van der Waals surface area (Å²) in [6.07, 6.45) is 0. The fourth-order valence-electron chi connectivity index (χ4n) is 2.76. The predicted octanol–water partition coefficient (Wildman–Crippen LogP) is 2.44. The van der Waals surface area contributed by atoms with Crippen LogP contribution in [0.15, 0.2) is 52.4 Å². The second-order valence-corrected chi connectivity index (χ2v) is 8.76. The van der Waals surface area contributed by atoms with Gasteiger partial charge in [0.2, 0.25) is 10.0 Å². The minimum absolute atomic E-state index is 0.0229.